The Kier molecular flexibility index (Phi) is 7.35. The van der Waals surface area contributed by atoms with Crippen LogP contribution in [0, 0.1) is 6.92 Å². The summed E-state index contributed by atoms with van der Waals surface area (Å²) in [5.74, 6) is 2.15. The van der Waals surface area contributed by atoms with Crippen LogP contribution in [0.15, 0.2) is 54.9 Å². The maximum absolute atomic E-state index is 11.9. The maximum atomic E-state index is 11.9. The van der Waals surface area contributed by atoms with Crippen LogP contribution in [-0.2, 0) is 6.54 Å². The van der Waals surface area contributed by atoms with Crippen LogP contribution in [0.2, 0.25) is 0 Å². The van der Waals surface area contributed by atoms with Gasteiger partial charge in [0.05, 0.1) is 31.1 Å². The van der Waals surface area contributed by atoms with Crippen molar-refractivity contribution < 1.29 is 14.3 Å². The van der Waals surface area contributed by atoms with Crippen molar-refractivity contribution in [2.75, 3.05) is 37.9 Å². The van der Waals surface area contributed by atoms with Crippen LogP contribution in [0.4, 0.5) is 16.3 Å². The Bertz CT molecular complexity index is 1330. The van der Waals surface area contributed by atoms with Crippen LogP contribution >= 0.6 is 0 Å². The molecule has 0 saturated heterocycles. The summed E-state index contributed by atoms with van der Waals surface area (Å²) in [7, 11) is 3.26. The number of amides is 2. The number of aromatic nitrogens is 3. The normalized spacial score (nSPS) is 10.7. The second kappa shape index (κ2) is 10.8. The second-order valence-corrected chi connectivity index (χ2v) is 7.95. The Balaban J connectivity index is 1.47. The zero-order valence-electron chi connectivity index (χ0n) is 20.4. The number of methoxy groups -OCH3 is 2. The summed E-state index contributed by atoms with van der Waals surface area (Å²) in [6.45, 7) is 5.96. The van der Waals surface area contributed by atoms with Gasteiger partial charge in [0.1, 0.15) is 23.6 Å². The van der Waals surface area contributed by atoms with Crippen molar-refractivity contribution in [2.24, 2.45) is 0 Å². The molecule has 0 spiro atoms. The average Bonchev–Trinajstić information content (AvgIpc) is 3.19. The molecule has 3 N–H and O–H groups in total. The Labute approximate surface area is 204 Å². The van der Waals surface area contributed by atoms with E-state index in [0.29, 0.717) is 24.5 Å². The van der Waals surface area contributed by atoms with Gasteiger partial charge in [-0.3, -0.25) is 0 Å². The van der Waals surface area contributed by atoms with Crippen LogP contribution in [-0.4, -0.2) is 47.9 Å². The van der Waals surface area contributed by atoms with Gasteiger partial charge in [-0.2, -0.15) is 0 Å². The van der Waals surface area contributed by atoms with Crippen LogP contribution in [0.25, 0.3) is 22.2 Å². The highest BCUT2D eigenvalue weighted by Crippen LogP contribution is 2.31. The van der Waals surface area contributed by atoms with Gasteiger partial charge in [-0.1, -0.05) is 12.1 Å². The van der Waals surface area contributed by atoms with E-state index in [1.54, 1.807) is 20.3 Å². The lowest BCUT2D eigenvalue weighted by molar-refractivity contribution is 0.252. The average molecular weight is 475 g/mol. The molecule has 35 heavy (non-hydrogen) atoms. The van der Waals surface area contributed by atoms with Gasteiger partial charge in [0.2, 0.25) is 0 Å². The van der Waals surface area contributed by atoms with Crippen molar-refractivity contribution in [3.63, 3.8) is 0 Å². The minimum atomic E-state index is -0.281. The lowest BCUT2D eigenvalue weighted by Crippen LogP contribution is -2.28. The first-order valence-corrected chi connectivity index (χ1v) is 11.5. The topological polar surface area (TPSA) is 102 Å². The van der Waals surface area contributed by atoms with Crippen LogP contribution in [0.5, 0.6) is 11.5 Å². The fourth-order valence-electron chi connectivity index (χ4n) is 4.05. The van der Waals surface area contributed by atoms with E-state index >= 15 is 0 Å². The first kappa shape index (κ1) is 23.9. The number of anilines is 2. The van der Waals surface area contributed by atoms with Crippen molar-refractivity contribution >= 4 is 28.4 Å². The summed E-state index contributed by atoms with van der Waals surface area (Å²) in [5.41, 5.74) is 4.50. The minimum Gasteiger partial charge on any atom is -0.496 e. The maximum Gasteiger partial charge on any atom is 0.319 e. The number of aryl methyl sites for hydroxylation is 1. The van der Waals surface area contributed by atoms with E-state index in [9.17, 15) is 4.79 Å². The molecule has 2 heterocycles. The fourth-order valence-corrected chi connectivity index (χ4v) is 4.05. The van der Waals surface area contributed by atoms with E-state index in [1.807, 2.05) is 37.3 Å². The molecule has 9 nitrogen and oxygen atoms in total. The van der Waals surface area contributed by atoms with E-state index in [1.165, 1.54) is 12.0 Å². The summed E-state index contributed by atoms with van der Waals surface area (Å²) in [5, 5.41) is 9.99. The number of urea groups is 1. The van der Waals surface area contributed by atoms with Crippen molar-refractivity contribution in [2.45, 2.75) is 20.4 Å². The Morgan fingerprint density at radius 3 is 2.63 bits per heavy atom. The van der Waals surface area contributed by atoms with E-state index in [4.69, 9.17) is 9.47 Å². The van der Waals surface area contributed by atoms with E-state index in [2.05, 4.69) is 49.5 Å². The summed E-state index contributed by atoms with van der Waals surface area (Å²) in [6, 6.07) is 15.4. The van der Waals surface area contributed by atoms with Crippen molar-refractivity contribution in [3.05, 3.63) is 60.6 Å². The number of benzene rings is 2. The smallest absolute Gasteiger partial charge is 0.319 e. The molecule has 2 aromatic heterocycles. The molecule has 0 aliphatic heterocycles. The number of rotatable bonds is 9. The highest BCUT2D eigenvalue weighted by molar-refractivity contribution is 5.91. The van der Waals surface area contributed by atoms with Crippen LogP contribution in [0.1, 0.15) is 12.6 Å². The molecule has 0 radical (unpaired) electrons. The van der Waals surface area contributed by atoms with E-state index < -0.39 is 0 Å². The Morgan fingerprint density at radius 1 is 1.03 bits per heavy atom. The summed E-state index contributed by atoms with van der Waals surface area (Å²) >= 11 is 0. The third-order valence-electron chi connectivity index (χ3n) is 5.72. The van der Waals surface area contributed by atoms with Crippen LogP contribution in [0.3, 0.4) is 0 Å². The van der Waals surface area contributed by atoms with Gasteiger partial charge in [-0.25, -0.2) is 14.8 Å². The first-order valence-electron chi connectivity index (χ1n) is 11.5. The lowest BCUT2D eigenvalue weighted by atomic mass is 10.1. The van der Waals surface area contributed by atoms with E-state index in [-0.39, 0.29) is 6.03 Å². The molecule has 4 aromatic rings. The summed E-state index contributed by atoms with van der Waals surface area (Å²) in [6.07, 6.45) is 1.53. The fraction of sp³-hybridized carbons (Fsp3) is 0.269. The minimum absolute atomic E-state index is 0.281. The molecule has 2 aromatic carbocycles. The molecule has 0 atom stereocenters. The molecule has 2 amide bonds. The van der Waals surface area contributed by atoms with Gasteiger partial charge in [-0.05, 0) is 44.2 Å². The molecule has 0 fully saturated rings. The standard InChI is InChI=1S/C26H30N6O3/c1-5-27-26(33)31-20-10-9-18(14-24(20)35-4)21-15-25(30-16-29-21)28-11-12-32-17(2)13-19-22(32)7-6-8-23(19)34-3/h6-10,13-16H,5,11-12H2,1-4H3,(H2,27,31,33)(H,28,29,30). The van der Waals surface area contributed by atoms with Crippen molar-refractivity contribution in [1.82, 2.24) is 19.9 Å². The Hall–Kier alpha value is -4.27. The predicted molar refractivity (Wildman–Crippen MR) is 138 cm³/mol. The molecule has 9 heteroatoms. The number of carbonyl (C=O) groups excluding carboxylic acids is 1. The number of hydrogen-bond acceptors (Lipinski definition) is 6. The monoisotopic (exact) mass is 474 g/mol. The number of fused-ring (bicyclic) bond motifs is 1. The third-order valence-corrected chi connectivity index (χ3v) is 5.72. The third kappa shape index (κ3) is 5.29. The number of nitrogens with one attached hydrogen (secondary N) is 3. The van der Waals surface area contributed by atoms with Crippen molar-refractivity contribution in [1.29, 1.82) is 0 Å². The molecule has 0 aliphatic carbocycles. The highest BCUT2D eigenvalue weighted by atomic mass is 16.5. The molecule has 0 bridgehead atoms. The molecule has 0 saturated carbocycles. The van der Waals surface area contributed by atoms with Gasteiger partial charge in [-0.15, -0.1) is 0 Å². The molecule has 0 unspecified atom stereocenters. The largest absolute Gasteiger partial charge is 0.496 e. The lowest BCUT2D eigenvalue weighted by Gasteiger charge is -2.13. The predicted octanol–water partition coefficient (Wildman–Crippen LogP) is 4.68. The SMILES string of the molecule is CCNC(=O)Nc1ccc(-c2cc(NCCn3c(C)cc4c(OC)cccc43)ncn2)cc1OC. The summed E-state index contributed by atoms with van der Waals surface area (Å²) in [4.78, 5) is 20.7. The van der Waals surface area contributed by atoms with Gasteiger partial charge in [0, 0.05) is 42.3 Å². The zero-order chi connectivity index (χ0) is 24.8. The molecule has 182 valence electrons. The zero-order valence-corrected chi connectivity index (χ0v) is 20.4. The van der Waals surface area contributed by atoms with Crippen LogP contribution < -0.4 is 25.4 Å². The highest BCUT2D eigenvalue weighted by Gasteiger charge is 2.11. The molecular weight excluding hydrogens is 444 g/mol. The van der Waals surface area contributed by atoms with Gasteiger partial charge in [0.15, 0.2) is 0 Å². The summed E-state index contributed by atoms with van der Waals surface area (Å²) < 4.78 is 13.2. The van der Waals surface area contributed by atoms with Gasteiger partial charge >= 0.3 is 6.03 Å². The first-order chi connectivity index (χ1) is 17.0. The van der Waals surface area contributed by atoms with Gasteiger partial charge in [0.25, 0.3) is 0 Å². The van der Waals surface area contributed by atoms with E-state index in [0.717, 1.165) is 40.3 Å². The number of nitrogens with zero attached hydrogens (tertiary/aromatic N) is 3. The Morgan fingerprint density at radius 2 is 1.86 bits per heavy atom. The van der Waals surface area contributed by atoms with Crippen molar-refractivity contribution in [3.8, 4) is 22.8 Å². The number of ether oxygens (including phenoxy) is 2. The quantitative estimate of drug-likeness (QED) is 0.326. The number of hydrogen-bond donors (Lipinski definition) is 3. The molecular formula is C26H30N6O3. The number of carbonyl (C=O) groups is 1. The van der Waals surface area contributed by atoms with Gasteiger partial charge < -0.3 is 30.0 Å². The molecule has 0 aliphatic rings. The molecule has 4 rings (SSSR count). The second-order valence-electron chi connectivity index (χ2n) is 7.95.